The van der Waals surface area contributed by atoms with Gasteiger partial charge >= 0.3 is 0 Å². The van der Waals surface area contributed by atoms with Crippen LogP contribution >= 0.6 is 0 Å². The van der Waals surface area contributed by atoms with E-state index >= 15 is 0 Å². The van der Waals surface area contributed by atoms with Gasteiger partial charge in [0.25, 0.3) is 5.91 Å². The monoisotopic (exact) mass is 305 g/mol. The molecule has 1 unspecified atom stereocenters. The van der Waals surface area contributed by atoms with Gasteiger partial charge in [0.15, 0.2) is 6.10 Å². The average Bonchev–Trinajstić information content (AvgIpc) is 2.49. The Morgan fingerprint density at radius 3 is 2.55 bits per heavy atom. The summed E-state index contributed by atoms with van der Waals surface area (Å²) in [5, 5.41) is 20.4. The second kappa shape index (κ2) is 8.00. The van der Waals surface area contributed by atoms with E-state index in [0.717, 1.165) is 0 Å². The number of rotatable bonds is 7. The summed E-state index contributed by atoms with van der Waals surface area (Å²) in [5.74, 6) is -1.37. The molecule has 0 spiro atoms. The van der Waals surface area contributed by atoms with Crippen LogP contribution < -0.4 is 15.8 Å². The molecule has 1 rings (SSSR count). The van der Waals surface area contributed by atoms with E-state index in [0.29, 0.717) is 5.56 Å². The highest BCUT2D eigenvalue weighted by molar-refractivity contribution is 5.88. The minimum atomic E-state index is -1.18. The third kappa shape index (κ3) is 4.46. The lowest BCUT2D eigenvalue weighted by Crippen LogP contribution is -2.52. The van der Waals surface area contributed by atoms with Gasteiger partial charge in [0.05, 0.1) is 12.2 Å². The molecule has 118 valence electrons. The molecule has 7 nitrogen and oxygen atoms in total. The van der Waals surface area contributed by atoms with Crippen LogP contribution in [0.15, 0.2) is 24.3 Å². The van der Waals surface area contributed by atoms with Gasteiger partial charge in [0, 0.05) is 0 Å². The molecular formula is C15H19N3O4. The summed E-state index contributed by atoms with van der Waals surface area (Å²) in [5.41, 5.74) is 5.37. The molecule has 0 saturated heterocycles. The van der Waals surface area contributed by atoms with Crippen molar-refractivity contribution < 1.29 is 19.4 Å². The second-order valence-electron chi connectivity index (χ2n) is 5.04. The Labute approximate surface area is 128 Å². The number of nitrogens with zero attached hydrogens (tertiary/aromatic N) is 1. The topological polar surface area (TPSA) is 125 Å². The zero-order valence-corrected chi connectivity index (χ0v) is 12.4. The molecule has 4 N–H and O–H groups in total. The number of carbonyl (C=O) groups excluding carboxylic acids is 2. The standard InChI is InChI=1S/C15H19N3O4/c1-9(2)13(15(21)18-11(8-19)14(17)20)22-12-6-4-3-5-10(12)7-16/h3-6,9,11,13,19H,8H2,1-2H3,(H2,17,20)(H,18,21)/t11-,13?/m0/s1. The summed E-state index contributed by atoms with van der Waals surface area (Å²) < 4.78 is 5.62. The first-order valence-electron chi connectivity index (χ1n) is 6.77. The normalized spacial score (nSPS) is 13.0. The zero-order valence-electron chi connectivity index (χ0n) is 12.4. The molecule has 0 aliphatic heterocycles. The minimum absolute atomic E-state index is 0.223. The van der Waals surface area contributed by atoms with Crippen LogP contribution in [0.1, 0.15) is 19.4 Å². The Hall–Kier alpha value is -2.59. The molecule has 0 heterocycles. The van der Waals surface area contributed by atoms with E-state index in [1.807, 2.05) is 6.07 Å². The van der Waals surface area contributed by atoms with Gasteiger partial charge in [-0.15, -0.1) is 0 Å². The molecule has 1 aromatic carbocycles. The molecule has 2 atom stereocenters. The van der Waals surface area contributed by atoms with E-state index in [-0.39, 0.29) is 11.7 Å². The van der Waals surface area contributed by atoms with Gasteiger partial charge in [-0.05, 0) is 18.1 Å². The maximum absolute atomic E-state index is 12.2. The van der Waals surface area contributed by atoms with E-state index in [1.165, 1.54) is 0 Å². The van der Waals surface area contributed by atoms with Gasteiger partial charge in [-0.2, -0.15) is 5.26 Å². The number of nitrogens with two attached hydrogens (primary N) is 1. The number of hydrogen-bond acceptors (Lipinski definition) is 5. The highest BCUT2D eigenvalue weighted by Gasteiger charge is 2.28. The predicted molar refractivity (Wildman–Crippen MR) is 78.6 cm³/mol. The number of para-hydroxylation sites is 1. The molecule has 0 saturated carbocycles. The molecule has 0 bridgehead atoms. The molecule has 0 radical (unpaired) electrons. The summed E-state index contributed by atoms with van der Waals surface area (Å²) in [6.07, 6.45) is -0.928. The third-order valence-corrected chi connectivity index (χ3v) is 2.97. The highest BCUT2D eigenvalue weighted by atomic mass is 16.5. The Kier molecular flexibility index (Phi) is 6.35. The second-order valence-corrected chi connectivity index (χ2v) is 5.04. The summed E-state index contributed by atoms with van der Waals surface area (Å²) in [4.78, 5) is 23.3. The number of nitrogens with one attached hydrogen (secondary N) is 1. The molecule has 7 heteroatoms. The number of benzene rings is 1. The smallest absolute Gasteiger partial charge is 0.262 e. The first-order valence-corrected chi connectivity index (χ1v) is 6.77. The number of aliphatic hydroxyl groups is 1. The van der Waals surface area contributed by atoms with Crippen LogP contribution in [-0.2, 0) is 9.59 Å². The molecule has 0 aliphatic carbocycles. The number of hydrogen-bond donors (Lipinski definition) is 3. The average molecular weight is 305 g/mol. The summed E-state index contributed by atoms with van der Waals surface area (Å²) >= 11 is 0. The molecule has 0 aromatic heterocycles. The zero-order chi connectivity index (χ0) is 16.7. The van der Waals surface area contributed by atoms with Crippen molar-refractivity contribution in [1.29, 1.82) is 5.26 Å². The fourth-order valence-corrected chi connectivity index (χ4v) is 1.75. The molecule has 1 aromatic rings. The van der Waals surface area contributed by atoms with Crippen LogP contribution in [0.4, 0.5) is 0 Å². The van der Waals surface area contributed by atoms with Crippen LogP contribution in [0.5, 0.6) is 5.75 Å². The van der Waals surface area contributed by atoms with Crippen molar-refractivity contribution in [1.82, 2.24) is 5.32 Å². The summed E-state index contributed by atoms with van der Waals surface area (Å²) in [7, 11) is 0. The van der Waals surface area contributed by atoms with Crippen LogP contribution in [0.3, 0.4) is 0 Å². The molecule has 22 heavy (non-hydrogen) atoms. The number of nitriles is 1. The van der Waals surface area contributed by atoms with Crippen LogP contribution in [0.2, 0.25) is 0 Å². The third-order valence-electron chi connectivity index (χ3n) is 2.97. The Bertz CT molecular complexity index is 580. The van der Waals surface area contributed by atoms with Crippen molar-refractivity contribution in [2.75, 3.05) is 6.61 Å². The van der Waals surface area contributed by atoms with Crippen LogP contribution in [0, 0.1) is 17.2 Å². The summed E-state index contributed by atoms with van der Waals surface area (Å²) in [6.45, 7) is 2.93. The maximum Gasteiger partial charge on any atom is 0.262 e. The lowest BCUT2D eigenvalue weighted by atomic mass is 10.1. The van der Waals surface area contributed by atoms with Crippen molar-refractivity contribution in [2.24, 2.45) is 11.7 Å². The number of aliphatic hydroxyl groups excluding tert-OH is 1. The van der Waals surface area contributed by atoms with Crippen molar-refractivity contribution in [3.05, 3.63) is 29.8 Å². The quantitative estimate of drug-likeness (QED) is 0.650. The lowest BCUT2D eigenvalue weighted by molar-refractivity contribution is -0.134. The Balaban J connectivity index is 2.92. The van der Waals surface area contributed by atoms with Gasteiger partial charge in [-0.1, -0.05) is 26.0 Å². The highest BCUT2D eigenvalue weighted by Crippen LogP contribution is 2.20. The minimum Gasteiger partial charge on any atom is -0.479 e. The van der Waals surface area contributed by atoms with Gasteiger partial charge in [-0.3, -0.25) is 9.59 Å². The first kappa shape index (κ1) is 17.5. The lowest BCUT2D eigenvalue weighted by Gasteiger charge is -2.24. The van der Waals surface area contributed by atoms with Crippen molar-refractivity contribution in [2.45, 2.75) is 26.0 Å². The number of ether oxygens (including phenoxy) is 1. The van der Waals surface area contributed by atoms with Crippen LogP contribution in [-0.4, -0.2) is 35.7 Å². The van der Waals surface area contributed by atoms with E-state index in [9.17, 15) is 9.59 Å². The van der Waals surface area contributed by atoms with E-state index in [1.54, 1.807) is 38.1 Å². The van der Waals surface area contributed by atoms with Gasteiger partial charge < -0.3 is 20.9 Å². The SMILES string of the molecule is CC(C)C(Oc1ccccc1C#N)C(=O)N[C@@H](CO)C(N)=O. The fourth-order valence-electron chi connectivity index (χ4n) is 1.75. The van der Waals surface area contributed by atoms with E-state index in [2.05, 4.69) is 5.32 Å². The maximum atomic E-state index is 12.2. The van der Waals surface area contributed by atoms with Gasteiger partial charge in [0.2, 0.25) is 5.91 Å². The van der Waals surface area contributed by atoms with Crippen molar-refractivity contribution >= 4 is 11.8 Å². The van der Waals surface area contributed by atoms with Crippen molar-refractivity contribution in [3.8, 4) is 11.8 Å². The number of primary amides is 1. The van der Waals surface area contributed by atoms with Crippen LogP contribution in [0.25, 0.3) is 0 Å². The predicted octanol–water partition coefficient (Wildman–Crippen LogP) is -0.0759. The molecule has 2 amide bonds. The fraction of sp³-hybridized carbons (Fsp3) is 0.400. The number of carbonyl (C=O) groups is 2. The van der Waals surface area contributed by atoms with Gasteiger partial charge in [0.1, 0.15) is 17.9 Å². The summed E-state index contributed by atoms with van der Waals surface area (Å²) in [6, 6.07) is 7.33. The molecule has 0 aliphatic rings. The molecule has 0 fully saturated rings. The first-order chi connectivity index (χ1) is 10.4. The van der Waals surface area contributed by atoms with Gasteiger partial charge in [-0.25, -0.2) is 0 Å². The van der Waals surface area contributed by atoms with E-state index < -0.39 is 30.6 Å². The van der Waals surface area contributed by atoms with E-state index in [4.69, 9.17) is 20.8 Å². The molecular weight excluding hydrogens is 286 g/mol. The largest absolute Gasteiger partial charge is 0.479 e. The Morgan fingerprint density at radius 2 is 2.05 bits per heavy atom. The Morgan fingerprint density at radius 1 is 1.41 bits per heavy atom. The van der Waals surface area contributed by atoms with Crippen molar-refractivity contribution in [3.63, 3.8) is 0 Å². The number of amides is 2.